The van der Waals surface area contributed by atoms with E-state index in [9.17, 15) is 9.59 Å². The van der Waals surface area contributed by atoms with Crippen LogP contribution in [0, 0.1) is 0 Å². The molecule has 102 valence electrons. The Bertz CT molecular complexity index is 483. The summed E-state index contributed by atoms with van der Waals surface area (Å²) < 4.78 is 0. The van der Waals surface area contributed by atoms with Crippen molar-refractivity contribution in [2.24, 2.45) is 0 Å². The number of rotatable bonds is 6. The highest BCUT2D eigenvalue weighted by atomic mass is 16.4. The highest BCUT2D eigenvalue weighted by Crippen LogP contribution is 2.16. The molecule has 0 spiro atoms. The molecule has 0 radical (unpaired) electrons. The molecule has 0 aliphatic rings. The summed E-state index contributed by atoms with van der Waals surface area (Å²) in [6.07, 6.45) is 0.415. The fourth-order valence-electron chi connectivity index (χ4n) is 1.50. The first-order valence-corrected chi connectivity index (χ1v) is 5.98. The second-order valence-electron chi connectivity index (χ2n) is 4.32. The van der Waals surface area contributed by atoms with Gasteiger partial charge in [-0.05, 0) is 25.0 Å². The number of urea groups is 1. The molecule has 2 amide bonds. The van der Waals surface area contributed by atoms with E-state index in [0.29, 0.717) is 18.7 Å². The third-order valence-electron chi connectivity index (χ3n) is 2.42. The number of carbonyl (C=O) groups excluding carboxylic acids is 1. The van der Waals surface area contributed by atoms with Gasteiger partial charge < -0.3 is 15.7 Å². The van der Waals surface area contributed by atoms with Gasteiger partial charge in [0.05, 0.1) is 0 Å². The lowest BCUT2D eigenvalue weighted by Crippen LogP contribution is -2.30. The predicted molar refractivity (Wildman–Crippen MR) is 74.2 cm³/mol. The third-order valence-corrected chi connectivity index (χ3v) is 2.42. The summed E-state index contributed by atoms with van der Waals surface area (Å²) >= 11 is 0. The SMILES string of the molecule is C=C(C)CNC(=O)Nc1ccccc1CCC(=O)O. The van der Waals surface area contributed by atoms with Crippen LogP contribution in [0.1, 0.15) is 18.9 Å². The van der Waals surface area contributed by atoms with Crippen molar-refractivity contribution in [2.75, 3.05) is 11.9 Å². The topological polar surface area (TPSA) is 78.4 Å². The average molecular weight is 262 g/mol. The van der Waals surface area contributed by atoms with Gasteiger partial charge in [-0.1, -0.05) is 30.4 Å². The van der Waals surface area contributed by atoms with Gasteiger partial charge in [-0.25, -0.2) is 4.79 Å². The van der Waals surface area contributed by atoms with Crippen LogP contribution in [0.2, 0.25) is 0 Å². The van der Waals surface area contributed by atoms with E-state index >= 15 is 0 Å². The first-order chi connectivity index (χ1) is 8.99. The molecule has 0 bridgehead atoms. The lowest BCUT2D eigenvalue weighted by Gasteiger charge is -2.11. The molecule has 5 heteroatoms. The summed E-state index contributed by atoms with van der Waals surface area (Å²) in [5.74, 6) is -0.860. The lowest BCUT2D eigenvalue weighted by atomic mass is 10.1. The van der Waals surface area contributed by atoms with Crippen LogP contribution in [0.15, 0.2) is 36.4 Å². The molecule has 19 heavy (non-hydrogen) atoms. The Balaban J connectivity index is 2.64. The molecular formula is C14H18N2O3. The number of aryl methyl sites for hydroxylation is 1. The molecule has 5 nitrogen and oxygen atoms in total. The van der Waals surface area contributed by atoms with E-state index < -0.39 is 5.97 Å². The van der Waals surface area contributed by atoms with Crippen LogP contribution in [0.25, 0.3) is 0 Å². The van der Waals surface area contributed by atoms with Gasteiger partial charge in [0, 0.05) is 18.7 Å². The Kier molecular flexibility index (Phi) is 5.60. The zero-order valence-corrected chi connectivity index (χ0v) is 10.9. The minimum atomic E-state index is -0.860. The van der Waals surface area contributed by atoms with Gasteiger partial charge in [-0.15, -0.1) is 0 Å². The van der Waals surface area contributed by atoms with Crippen LogP contribution < -0.4 is 10.6 Å². The smallest absolute Gasteiger partial charge is 0.319 e. The Morgan fingerprint density at radius 2 is 2.00 bits per heavy atom. The zero-order valence-electron chi connectivity index (χ0n) is 10.9. The standard InChI is InChI=1S/C14H18N2O3/c1-10(2)9-15-14(19)16-12-6-4-3-5-11(12)7-8-13(17)18/h3-6H,1,7-9H2,2H3,(H,17,18)(H2,15,16,19). The number of para-hydroxylation sites is 1. The molecule has 3 N–H and O–H groups in total. The minimum absolute atomic E-state index is 0.0338. The van der Waals surface area contributed by atoms with Gasteiger partial charge in [-0.3, -0.25) is 4.79 Å². The van der Waals surface area contributed by atoms with E-state index in [0.717, 1.165) is 11.1 Å². The van der Waals surface area contributed by atoms with Crippen LogP contribution in [-0.4, -0.2) is 23.7 Å². The molecule has 0 fully saturated rings. The molecular weight excluding hydrogens is 244 g/mol. The van der Waals surface area contributed by atoms with Gasteiger partial charge in [0.2, 0.25) is 0 Å². The quantitative estimate of drug-likeness (QED) is 0.689. The van der Waals surface area contributed by atoms with Crippen LogP contribution in [0.5, 0.6) is 0 Å². The van der Waals surface area contributed by atoms with E-state index in [4.69, 9.17) is 5.11 Å². The van der Waals surface area contributed by atoms with E-state index in [1.807, 2.05) is 13.0 Å². The van der Waals surface area contributed by atoms with Gasteiger partial charge in [0.15, 0.2) is 0 Å². The maximum atomic E-state index is 11.6. The summed E-state index contributed by atoms with van der Waals surface area (Å²) in [5, 5.41) is 14.0. The molecule has 0 heterocycles. The van der Waals surface area contributed by atoms with Gasteiger partial charge in [0.25, 0.3) is 0 Å². The number of hydrogen-bond acceptors (Lipinski definition) is 2. The van der Waals surface area contributed by atoms with Gasteiger partial charge >= 0.3 is 12.0 Å². The van der Waals surface area contributed by atoms with Crippen molar-refractivity contribution in [3.05, 3.63) is 42.0 Å². The molecule has 1 aromatic carbocycles. The van der Waals surface area contributed by atoms with Crippen molar-refractivity contribution >= 4 is 17.7 Å². The number of carboxylic acid groups (broad SMARTS) is 1. The molecule has 0 aliphatic carbocycles. The number of nitrogens with one attached hydrogen (secondary N) is 2. The number of hydrogen-bond donors (Lipinski definition) is 3. The van der Waals surface area contributed by atoms with E-state index in [1.54, 1.807) is 18.2 Å². The highest BCUT2D eigenvalue weighted by Gasteiger charge is 2.07. The average Bonchev–Trinajstić information content (AvgIpc) is 2.35. The highest BCUT2D eigenvalue weighted by molar-refractivity contribution is 5.90. The number of aliphatic carboxylic acids is 1. The Morgan fingerprint density at radius 3 is 2.63 bits per heavy atom. The lowest BCUT2D eigenvalue weighted by molar-refractivity contribution is -0.136. The van der Waals surface area contributed by atoms with Crippen molar-refractivity contribution in [1.82, 2.24) is 5.32 Å². The molecule has 0 saturated carbocycles. The molecule has 1 aromatic rings. The Morgan fingerprint density at radius 1 is 1.32 bits per heavy atom. The molecule has 0 aliphatic heterocycles. The first kappa shape index (κ1) is 14.8. The number of carbonyl (C=O) groups is 2. The maximum Gasteiger partial charge on any atom is 0.319 e. The van der Waals surface area contributed by atoms with E-state index in [-0.39, 0.29) is 12.5 Å². The van der Waals surface area contributed by atoms with Crippen LogP contribution in [0.3, 0.4) is 0 Å². The monoisotopic (exact) mass is 262 g/mol. The number of anilines is 1. The fraction of sp³-hybridized carbons (Fsp3) is 0.286. The summed E-state index contributed by atoms with van der Waals surface area (Å²) in [4.78, 5) is 22.2. The minimum Gasteiger partial charge on any atom is -0.481 e. The van der Waals surface area contributed by atoms with Crippen molar-refractivity contribution < 1.29 is 14.7 Å². The molecule has 1 rings (SSSR count). The number of carboxylic acids is 1. The maximum absolute atomic E-state index is 11.6. The molecule has 0 atom stereocenters. The van der Waals surface area contributed by atoms with Crippen molar-refractivity contribution in [3.8, 4) is 0 Å². The van der Waals surface area contributed by atoms with Crippen molar-refractivity contribution in [3.63, 3.8) is 0 Å². The van der Waals surface area contributed by atoms with Crippen molar-refractivity contribution in [2.45, 2.75) is 19.8 Å². The number of amides is 2. The number of benzene rings is 1. The summed E-state index contributed by atoms with van der Waals surface area (Å²) in [5.41, 5.74) is 2.28. The van der Waals surface area contributed by atoms with Crippen LogP contribution >= 0.6 is 0 Å². The predicted octanol–water partition coefficient (Wildman–Crippen LogP) is 2.40. The van der Waals surface area contributed by atoms with Gasteiger partial charge in [0.1, 0.15) is 0 Å². The van der Waals surface area contributed by atoms with E-state index in [2.05, 4.69) is 17.2 Å². The summed E-state index contributed by atoms with van der Waals surface area (Å²) in [7, 11) is 0. The Labute approximate surface area is 112 Å². The second kappa shape index (κ2) is 7.20. The first-order valence-electron chi connectivity index (χ1n) is 5.98. The molecule has 0 aromatic heterocycles. The molecule has 0 unspecified atom stereocenters. The van der Waals surface area contributed by atoms with Gasteiger partial charge in [-0.2, -0.15) is 0 Å². The largest absolute Gasteiger partial charge is 0.481 e. The fourth-order valence-corrected chi connectivity index (χ4v) is 1.50. The normalized spacial score (nSPS) is 9.74. The summed E-state index contributed by atoms with van der Waals surface area (Å²) in [6.45, 7) is 5.92. The Hall–Kier alpha value is -2.30. The zero-order chi connectivity index (χ0) is 14.3. The molecule has 0 saturated heterocycles. The summed E-state index contributed by atoms with van der Waals surface area (Å²) in [6, 6.07) is 6.83. The van der Waals surface area contributed by atoms with E-state index in [1.165, 1.54) is 0 Å². The van der Waals surface area contributed by atoms with Crippen LogP contribution in [-0.2, 0) is 11.2 Å². The van der Waals surface area contributed by atoms with Crippen molar-refractivity contribution in [1.29, 1.82) is 0 Å². The van der Waals surface area contributed by atoms with Crippen LogP contribution in [0.4, 0.5) is 10.5 Å². The second-order valence-corrected chi connectivity index (χ2v) is 4.32. The third kappa shape index (κ3) is 5.72.